The van der Waals surface area contributed by atoms with Crippen molar-refractivity contribution in [1.82, 2.24) is 9.88 Å². The third-order valence-corrected chi connectivity index (χ3v) is 4.31. The molecule has 1 aliphatic rings. The molecule has 3 rings (SSSR count). The topological polar surface area (TPSA) is 48.5 Å². The summed E-state index contributed by atoms with van der Waals surface area (Å²) < 4.78 is 0. The summed E-state index contributed by atoms with van der Waals surface area (Å²) in [6.07, 6.45) is 4.41. The number of carbonyl (C=O) groups is 1. The van der Waals surface area contributed by atoms with E-state index in [0.29, 0.717) is 11.6 Å². The third kappa shape index (κ3) is 3.68. The van der Waals surface area contributed by atoms with E-state index in [1.54, 1.807) is 24.5 Å². The van der Waals surface area contributed by atoms with Crippen molar-refractivity contribution in [2.24, 2.45) is 0 Å². The quantitative estimate of drug-likeness (QED) is 0.942. The van der Waals surface area contributed by atoms with E-state index in [9.17, 15) is 4.79 Å². The van der Waals surface area contributed by atoms with Crippen molar-refractivity contribution >= 4 is 17.3 Å². The van der Waals surface area contributed by atoms with Gasteiger partial charge in [-0.1, -0.05) is 0 Å². The van der Waals surface area contributed by atoms with Crippen LogP contribution in [0.5, 0.6) is 0 Å². The summed E-state index contributed by atoms with van der Waals surface area (Å²) in [6.45, 7) is 2.12. The molecule has 0 spiro atoms. The summed E-state index contributed by atoms with van der Waals surface area (Å²) in [5.74, 6) is -0.139. The molecule has 1 aliphatic heterocycles. The van der Waals surface area contributed by atoms with E-state index in [1.807, 2.05) is 12.1 Å². The maximum Gasteiger partial charge on any atom is 0.257 e. The maximum absolute atomic E-state index is 12.1. The number of pyridine rings is 1. The minimum absolute atomic E-state index is 0.139. The molecule has 2 heterocycles. The van der Waals surface area contributed by atoms with Crippen molar-refractivity contribution in [3.63, 3.8) is 0 Å². The zero-order valence-electron chi connectivity index (χ0n) is 13.6. The van der Waals surface area contributed by atoms with Crippen molar-refractivity contribution in [2.45, 2.75) is 12.5 Å². The van der Waals surface area contributed by atoms with Crippen molar-refractivity contribution in [3.05, 3.63) is 54.4 Å². The Kier molecular flexibility index (Phi) is 4.57. The fourth-order valence-corrected chi connectivity index (χ4v) is 2.85. The summed E-state index contributed by atoms with van der Waals surface area (Å²) in [5.41, 5.74) is 2.56. The molecule has 0 aliphatic carbocycles. The predicted molar refractivity (Wildman–Crippen MR) is 92.9 cm³/mol. The normalized spacial score (nSPS) is 17.5. The van der Waals surface area contributed by atoms with Crippen LogP contribution in [0.1, 0.15) is 16.8 Å². The molecule has 1 aromatic heterocycles. The Balaban J connectivity index is 1.63. The number of hydrogen-bond donors (Lipinski definition) is 1. The molecule has 1 saturated heterocycles. The second-order valence-corrected chi connectivity index (χ2v) is 6.09. The summed E-state index contributed by atoms with van der Waals surface area (Å²) in [4.78, 5) is 20.7. The molecule has 1 amide bonds. The summed E-state index contributed by atoms with van der Waals surface area (Å²) in [5, 5.41) is 2.90. The van der Waals surface area contributed by atoms with Crippen molar-refractivity contribution in [1.29, 1.82) is 0 Å². The van der Waals surface area contributed by atoms with Crippen LogP contribution in [0.4, 0.5) is 11.4 Å². The van der Waals surface area contributed by atoms with Crippen LogP contribution in [0, 0.1) is 0 Å². The first-order valence-electron chi connectivity index (χ1n) is 7.86. The number of aromatic nitrogens is 1. The summed E-state index contributed by atoms with van der Waals surface area (Å²) in [7, 11) is 4.26. The van der Waals surface area contributed by atoms with Gasteiger partial charge in [0.25, 0.3) is 5.91 Å². The Labute approximate surface area is 136 Å². The molecule has 1 aromatic carbocycles. The fourth-order valence-electron chi connectivity index (χ4n) is 2.85. The maximum atomic E-state index is 12.1. The molecule has 120 valence electrons. The average molecular weight is 310 g/mol. The van der Waals surface area contributed by atoms with E-state index >= 15 is 0 Å². The predicted octanol–water partition coefficient (Wildman–Crippen LogP) is 2.47. The first kappa shape index (κ1) is 15.5. The van der Waals surface area contributed by atoms with Crippen LogP contribution in [0.15, 0.2) is 48.8 Å². The average Bonchev–Trinajstić information content (AvgIpc) is 3.07. The minimum atomic E-state index is -0.139. The molecule has 5 heteroatoms. The van der Waals surface area contributed by atoms with Gasteiger partial charge in [-0.3, -0.25) is 9.78 Å². The third-order valence-electron chi connectivity index (χ3n) is 4.31. The molecule has 2 aromatic rings. The number of benzene rings is 1. The second kappa shape index (κ2) is 6.79. The molecule has 23 heavy (non-hydrogen) atoms. The first-order chi connectivity index (χ1) is 11.1. The Morgan fingerprint density at radius 3 is 2.65 bits per heavy atom. The Morgan fingerprint density at radius 1 is 1.26 bits per heavy atom. The van der Waals surface area contributed by atoms with Gasteiger partial charge in [0, 0.05) is 42.9 Å². The fraction of sp³-hybridized carbons (Fsp3) is 0.333. The van der Waals surface area contributed by atoms with Crippen LogP contribution >= 0.6 is 0 Å². The standard InChI is InChI=1S/C18H22N4O/c1-21(2)17-9-11-22(13-17)16-7-5-15(6-8-16)20-18(23)14-4-3-10-19-12-14/h3-8,10,12,17H,9,11,13H2,1-2H3,(H,20,23). The lowest BCUT2D eigenvalue weighted by Crippen LogP contribution is -2.31. The van der Waals surface area contributed by atoms with Gasteiger partial charge in [0.1, 0.15) is 0 Å². The zero-order valence-corrected chi connectivity index (χ0v) is 13.6. The van der Waals surface area contributed by atoms with Crippen LogP contribution < -0.4 is 10.2 Å². The molecule has 0 bridgehead atoms. The highest BCUT2D eigenvalue weighted by Crippen LogP contribution is 2.24. The lowest BCUT2D eigenvalue weighted by atomic mass is 10.2. The van der Waals surface area contributed by atoms with Gasteiger partial charge in [-0.2, -0.15) is 0 Å². The Bertz CT molecular complexity index is 654. The molecule has 1 N–H and O–H groups in total. The van der Waals surface area contributed by atoms with Crippen molar-refractivity contribution in [3.8, 4) is 0 Å². The van der Waals surface area contributed by atoms with Gasteiger partial charge in [0.2, 0.25) is 0 Å². The van der Waals surface area contributed by atoms with E-state index < -0.39 is 0 Å². The number of carbonyl (C=O) groups excluding carboxylic acids is 1. The van der Waals surface area contributed by atoms with Crippen LogP contribution in [0.25, 0.3) is 0 Å². The van der Waals surface area contributed by atoms with Gasteiger partial charge in [-0.05, 0) is 56.9 Å². The molecular formula is C18H22N4O. The smallest absolute Gasteiger partial charge is 0.257 e. The molecule has 1 atom stereocenters. The van der Waals surface area contributed by atoms with E-state index in [4.69, 9.17) is 0 Å². The van der Waals surface area contributed by atoms with Crippen LogP contribution in [-0.4, -0.2) is 49.0 Å². The van der Waals surface area contributed by atoms with Gasteiger partial charge in [0.05, 0.1) is 5.56 Å². The lowest BCUT2D eigenvalue weighted by Gasteiger charge is -2.22. The van der Waals surface area contributed by atoms with E-state index in [-0.39, 0.29) is 5.91 Å². The SMILES string of the molecule is CN(C)C1CCN(c2ccc(NC(=O)c3cccnc3)cc2)C1. The van der Waals surface area contributed by atoms with Gasteiger partial charge in [-0.25, -0.2) is 0 Å². The Hall–Kier alpha value is -2.40. The number of amides is 1. The number of hydrogen-bond acceptors (Lipinski definition) is 4. The highest BCUT2D eigenvalue weighted by Gasteiger charge is 2.23. The number of nitrogens with zero attached hydrogens (tertiary/aromatic N) is 3. The first-order valence-corrected chi connectivity index (χ1v) is 7.86. The number of likely N-dealkylation sites (N-methyl/N-ethyl adjacent to an activating group) is 1. The second-order valence-electron chi connectivity index (χ2n) is 6.09. The highest BCUT2D eigenvalue weighted by molar-refractivity contribution is 6.04. The van der Waals surface area contributed by atoms with Gasteiger partial charge < -0.3 is 15.1 Å². The molecule has 1 fully saturated rings. The molecular weight excluding hydrogens is 288 g/mol. The van der Waals surface area contributed by atoms with Crippen molar-refractivity contribution < 1.29 is 4.79 Å². The van der Waals surface area contributed by atoms with E-state index in [1.165, 1.54) is 12.1 Å². The van der Waals surface area contributed by atoms with Crippen LogP contribution in [-0.2, 0) is 0 Å². The molecule has 0 radical (unpaired) electrons. The van der Waals surface area contributed by atoms with Gasteiger partial charge in [0.15, 0.2) is 0 Å². The largest absolute Gasteiger partial charge is 0.370 e. The minimum Gasteiger partial charge on any atom is -0.370 e. The van der Waals surface area contributed by atoms with Gasteiger partial charge in [-0.15, -0.1) is 0 Å². The summed E-state index contributed by atoms with van der Waals surface area (Å²) in [6, 6.07) is 12.2. The lowest BCUT2D eigenvalue weighted by molar-refractivity contribution is 0.102. The number of anilines is 2. The van der Waals surface area contributed by atoms with Crippen molar-refractivity contribution in [2.75, 3.05) is 37.4 Å². The van der Waals surface area contributed by atoms with Gasteiger partial charge >= 0.3 is 0 Å². The molecule has 5 nitrogen and oxygen atoms in total. The van der Waals surface area contributed by atoms with Crippen LogP contribution in [0.2, 0.25) is 0 Å². The number of rotatable bonds is 4. The Morgan fingerprint density at radius 2 is 2.04 bits per heavy atom. The molecule has 1 unspecified atom stereocenters. The monoisotopic (exact) mass is 310 g/mol. The van der Waals surface area contributed by atoms with E-state index in [2.05, 4.69) is 46.3 Å². The number of nitrogens with one attached hydrogen (secondary N) is 1. The summed E-state index contributed by atoms with van der Waals surface area (Å²) >= 11 is 0. The highest BCUT2D eigenvalue weighted by atomic mass is 16.1. The molecule has 0 saturated carbocycles. The van der Waals surface area contributed by atoms with E-state index in [0.717, 1.165) is 18.8 Å². The van der Waals surface area contributed by atoms with Crippen LogP contribution in [0.3, 0.4) is 0 Å². The zero-order chi connectivity index (χ0) is 16.2.